The molecule has 4 heteroatoms. The summed E-state index contributed by atoms with van der Waals surface area (Å²) in [7, 11) is 0. The second-order valence-electron chi connectivity index (χ2n) is 4.25. The minimum atomic E-state index is 0.00810. The van der Waals surface area contributed by atoms with Gasteiger partial charge in [-0.1, -0.05) is 6.08 Å². The highest BCUT2D eigenvalue weighted by atomic mass is 16.3. The van der Waals surface area contributed by atoms with E-state index in [4.69, 9.17) is 5.73 Å². The van der Waals surface area contributed by atoms with Crippen molar-refractivity contribution in [3.63, 3.8) is 0 Å². The highest BCUT2D eigenvalue weighted by molar-refractivity contribution is 5.60. The van der Waals surface area contributed by atoms with Gasteiger partial charge in [0.05, 0.1) is 12.6 Å². The third-order valence-electron chi connectivity index (χ3n) is 3.14. The minimum absolute atomic E-state index is 0.00810. The molecule has 1 atom stereocenters. The smallest absolute Gasteiger partial charge is 0.0702 e. The molecule has 1 unspecified atom stereocenters. The maximum absolute atomic E-state index is 9.41. The average molecular weight is 233 g/mol. The highest BCUT2D eigenvalue weighted by Crippen LogP contribution is 2.26. The molecule has 0 saturated carbocycles. The number of piperazine rings is 1. The summed E-state index contributed by atoms with van der Waals surface area (Å²) in [5.74, 6) is 0. The number of hydrogen-bond donors (Lipinski definition) is 3. The number of nitrogens with one attached hydrogen (secondary N) is 1. The molecule has 0 radical (unpaired) electrons. The van der Waals surface area contributed by atoms with E-state index in [0.29, 0.717) is 5.69 Å². The van der Waals surface area contributed by atoms with Crippen LogP contribution in [0.4, 0.5) is 11.4 Å². The van der Waals surface area contributed by atoms with Gasteiger partial charge in [-0.05, 0) is 18.2 Å². The zero-order chi connectivity index (χ0) is 12.3. The van der Waals surface area contributed by atoms with Crippen LogP contribution in [0, 0.1) is 0 Å². The number of rotatable bonds is 3. The SMILES string of the molecule is C=CC1CNCCN1c1ccc(N)cc1CO. The van der Waals surface area contributed by atoms with Crippen LogP contribution in [-0.2, 0) is 6.61 Å². The fraction of sp³-hybridized carbons (Fsp3) is 0.385. The Kier molecular flexibility index (Phi) is 3.66. The lowest BCUT2D eigenvalue weighted by molar-refractivity contribution is 0.282. The Morgan fingerprint density at radius 2 is 2.41 bits per heavy atom. The van der Waals surface area contributed by atoms with Crippen LogP contribution in [0.5, 0.6) is 0 Å². The monoisotopic (exact) mass is 233 g/mol. The Balaban J connectivity index is 2.33. The van der Waals surface area contributed by atoms with Crippen LogP contribution in [-0.4, -0.2) is 30.8 Å². The van der Waals surface area contributed by atoms with E-state index in [1.807, 2.05) is 24.3 Å². The Labute approximate surface area is 102 Å². The molecule has 0 spiro atoms. The number of aliphatic hydroxyl groups excluding tert-OH is 1. The average Bonchev–Trinajstić information content (AvgIpc) is 2.38. The first-order valence-electron chi connectivity index (χ1n) is 5.85. The predicted molar refractivity (Wildman–Crippen MR) is 71.0 cm³/mol. The van der Waals surface area contributed by atoms with E-state index in [2.05, 4.69) is 16.8 Å². The van der Waals surface area contributed by atoms with Crippen molar-refractivity contribution in [3.05, 3.63) is 36.4 Å². The van der Waals surface area contributed by atoms with Crippen molar-refractivity contribution in [1.29, 1.82) is 0 Å². The molecule has 1 heterocycles. The number of nitrogens with zero attached hydrogens (tertiary/aromatic N) is 1. The van der Waals surface area contributed by atoms with E-state index in [1.165, 1.54) is 0 Å². The lowest BCUT2D eigenvalue weighted by Gasteiger charge is -2.37. The fourth-order valence-corrected chi connectivity index (χ4v) is 2.25. The first-order valence-corrected chi connectivity index (χ1v) is 5.85. The number of hydrogen-bond acceptors (Lipinski definition) is 4. The first kappa shape index (κ1) is 12.0. The Morgan fingerprint density at radius 3 is 3.12 bits per heavy atom. The van der Waals surface area contributed by atoms with E-state index in [0.717, 1.165) is 30.9 Å². The quantitative estimate of drug-likeness (QED) is 0.532. The third-order valence-corrected chi connectivity index (χ3v) is 3.14. The maximum atomic E-state index is 9.41. The molecular weight excluding hydrogens is 214 g/mol. The molecule has 4 N–H and O–H groups in total. The molecule has 92 valence electrons. The number of aliphatic hydroxyl groups is 1. The Morgan fingerprint density at radius 1 is 1.59 bits per heavy atom. The summed E-state index contributed by atoms with van der Waals surface area (Å²) < 4.78 is 0. The summed E-state index contributed by atoms with van der Waals surface area (Å²) >= 11 is 0. The van der Waals surface area contributed by atoms with Crippen molar-refractivity contribution in [2.45, 2.75) is 12.6 Å². The molecule has 0 bridgehead atoms. The number of nitrogens with two attached hydrogens (primary N) is 1. The highest BCUT2D eigenvalue weighted by Gasteiger charge is 2.21. The van der Waals surface area contributed by atoms with E-state index in [9.17, 15) is 5.11 Å². The van der Waals surface area contributed by atoms with Crippen LogP contribution in [0.2, 0.25) is 0 Å². The molecule has 1 aliphatic rings. The molecule has 17 heavy (non-hydrogen) atoms. The van der Waals surface area contributed by atoms with Crippen LogP contribution in [0.3, 0.4) is 0 Å². The standard InChI is InChI=1S/C13H19N3O/c1-2-12-8-15-5-6-16(12)13-4-3-11(14)7-10(13)9-17/h2-4,7,12,15,17H,1,5-6,8-9,14H2. The molecule has 1 fully saturated rings. The van der Waals surface area contributed by atoms with Gasteiger partial charge < -0.3 is 21.1 Å². The topological polar surface area (TPSA) is 61.5 Å². The van der Waals surface area contributed by atoms with Crippen molar-refractivity contribution in [2.75, 3.05) is 30.3 Å². The van der Waals surface area contributed by atoms with Crippen molar-refractivity contribution in [3.8, 4) is 0 Å². The molecular formula is C13H19N3O. The van der Waals surface area contributed by atoms with Crippen molar-refractivity contribution in [1.82, 2.24) is 5.32 Å². The molecule has 1 saturated heterocycles. The predicted octanol–water partition coefficient (Wildman–Crippen LogP) is 0.725. The van der Waals surface area contributed by atoms with Gasteiger partial charge in [-0.25, -0.2) is 0 Å². The van der Waals surface area contributed by atoms with Crippen molar-refractivity contribution < 1.29 is 5.11 Å². The molecule has 0 amide bonds. The molecule has 2 rings (SSSR count). The molecule has 0 aromatic heterocycles. The largest absolute Gasteiger partial charge is 0.399 e. The summed E-state index contributed by atoms with van der Waals surface area (Å²) in [6, 6.07) is 5.94. The lowest BCUT2D eigenvalue weighted by Crippen LogP contribution is -2.50. The molecule has 1 aliphatic heterocycles. The molecule has 4 nitrogen and oxygen atoms in total. The Bertz CT molecular complexity index is 406. The second kappa shape index (κ2) is 5.21. The fourth-order valence-electron chi connectivity index (χ4n) is 2.25. The molecule has 1 aromatic carbocycles. The van der Waals surface area contributed by atoms with Gasteiger partial charge in [-0.2, -0.15) is 0 Å². The molecule has 1 aromatic rings. The van der Waals surface area contributed by atoms with Gasteiger partial charge in [-0.3, -0.25) is 0 Å². The summed E-state index contributed by atoms with van der Waals surface area (Å²) in [5, 5.41) is 12.7. The summed E-state index contributed by atoms with van der Waals surface area (Å²) in [6.07, 6.45) is 1.93. The lowest BCUT2D eigenvalue weighted by atomic mass is 10.1. The zero-order valence-corrected chi connectivity index (χ0v) is 9.89. The van der Waals surface area contributed by atoms with Crippen LogP contribution >= 0.6 is 0 Å². The van der Waals surface area contributed by atoms with Gasteiger partial charge in [-0.15, -0.1) is 6.58 Å². The third kappa shape index (κ3) is 2.43. The van der Waals surface area contributed by atoms with E-state index >= 15 is 0 Å². The number of nitrogen functional groups attached to an aromatic ring is 1. The van der Waals surface area contributed by atoms with E-state index in [-0.39, 0.29) is 12.6 Å². The van der Waals surface area contributed by atoms with Crippen LogP contribution in [0.15, 0.2) is 30.9 Å². The van der Waals surface area contributed by atoms with Crippen LogP contribution in [0.1, 0.15) is 5.56 Å². The van der Waals surface area contributed by atoms with Gasteiger partial charge in [0.25, 0.3) is 0 Å². The summed E-state index contributed by atoms with van der Waals surface area (Å²) in [5.41, 5.74) is 8.34. The van der Waals surface area contributed by atoms with Crippen LogP contribution in [0.25, 0.3) is 0 Å². The second-order valence-corrected chi connectivity index (χ2v) is 4.25. The first-order chi connectivity index (χ1) is 8.26. The summed E-state index contributed by atoms with van der Waals surface area (Å²) in [6.45, 7) is 6.61. The van der Waals surface area contributed by atoms with Crippen molar-refractivity contribution >= 4 is 11.4 Å². The van der Waals surface area contributed by atoms with E-state index < -0.39 is 0 Å². The number of benzene rings is 1. The maximum Gasteiger partial charge on any atom is 0.0702 e. The normalized spacial score (nSPS) is 20.3. The van der Waals surface area contributed by atoms with Crippen LogP contribution < -0.4 is 16.0 Å². The molecule has 0 aliphatic carbocycles. The zero-order valence-electron chi connectivity index (χ0n) is 9.89. The van der Waals surface area contributed by atoms with E-state index in [1.54, 1.807) is 0 Å². The van der Waals surface area contributed by atoms with Gasteiger partial charge in [0.1, 0.15) is 0 Å². The van der Waals surface area contributed by atoms with Gasteiger partial charge in [0.15, 0.2) is 0 Å². The van der Waals surface area contributed by atoms with Crippen molar-refractivity contribution in [2.24, 2.45) is 0 Å². The minimum Gasteiger partial charge on any atom is -0.399 e. The number of anilines is 2. The summed E-state index contributed by atoms with van der Waals surface area (Å²) in [4.78, 5) is 2.26. The van der Waals surface area contributed by atoms with Gasteiger partial charge >= 0.3 is 0 Å². The van der Waals surface area contributed by atoms with Gasteiger partial charge in [0.2, 0.25) is 0 Å². The Hall–Kier alpha value is -1.52. The van der Waals surface area contributed by atoms with Gasteiger partial charge in [0, 0.05) is 36.6 Å².